The van der Waals surface area contributed by atoms with E-state index in [0.717, 1.165) is 6.42 Å². The van der Waals surface area contributed by atoms with Gasteiger partial charge < -0.3 is 20.5 Å². The highest BCUT2D eigenvalue weighted by atomic mass is 16.5. The van der Waals surface area contributed by atoms with Crippen molar-refractivity contribution in [1.82, 2.24) is 4.90 Å². The van der Waals surface area contributed by atoms with Gasteiger partial charge in [0, 0.05) is 6.04 Å². The zero-order chi connectivity index (χ0) is 14.4. The second-order valence-corrected chi connectivity index (χ2v) is 6.43. The molecule has 1 saturated heterocycles. The number of hydrogen-bond donors (Lipinski definition) is 2. The Balaban J connectivity index is 1.96. The zero-order valence-corrected chi connectivity index (χ0v) is 11.6. The number of rotatable bonds is 4. The van der Waals surface area contributed by atoms with Crippen LogP contribution in [-0.4, -0.2) is 52.2 Å². The van der Waals surface area contributed by atoms with Gasteiger partial charge in [-0.3, -0.25) is 4.79 Å². The lowest BCUT2D eigenvalue weighted by Gasteiger charge is -2.29. The lowest BCUT2D eigenvalue weighted by Crippen LogP contribution is -2.52. The molecular weight excluding hydrogens is 248 g/mol. The highest BCUT2D eigenvalue weighted by molar-refractivity contribution is 5.88. The first kappa shape index (κ1) is 14.3. The van der Waals surface area contributed by atoms with Crippen molar-refractivity contribution in [3.63, 3.8) is 0 Å². The van der Waals surface area contributed by atoms with Crippen LogP contribution in [0.25, 0.3) is 0 Å². The van der Waals surface area contributed by atoms with E-state index in [4.69, 9.17) is 15.6 Å². The van der Waals surface area contributed by atoms with Gasteiger partial charge in [-0.05, 0) is 39.5 Å². The van der Waals surface area contributed by atoms with Crippen molar-refractivity contribution in [2.24, 2.45) is 11.7 Å². The van der Waals surface area contributed by atoms with Crippen LogP contribution in [0.3, 0.4) is 0 Å². The van der Waals surface area contributed by atoms with Gasteiger partial charge in [-0.15, -0.1) is 0 Å². The summed E-state index contributed by atoms with van der Waals surface area (Å²) in [4.78, 5) is 24.9. The van der Waals surface area contributed by atoms with Crippen molar-refractivity contribution in [2.45, 2.75) is 57.3 Å². The van der Waals surface area contributed by atoms with Gasteiger partial charge in [-0.2, -0.15) is 0 Å². The number of carboxylic acid groups (broad SMARTS) is 1. The molecule has 4 atom stereocenters. The Morgan fingerprint density at radius 1 is 1.42 bits per heavy atom. The molecular formula is C13H22N2O4. The molecule has 3 N–H and O–H groups in total. The Kier molecular flexibility index (Phi) is 3.57. The second kappa shape index (κ2) is 4.76. The van der Waals surface area contributed by atoms with Gasteiger partial charge in [-0.25, -0.2) is 4.79 Å². The lowest BCUT2D eigenvalue weighted by atomic mass is 10.1. The number of fused-ring (bicyclic) bond motifs is 1. The Morgan fingerprint density at radius 2 is 2.05 bits per heavy atom. The topological polar surface area (TPSA) is 92.9 Å². The molecule has 19 heavy (non-hydrogen) atoms. The van der Waals surface area contributed by atoms with Crippen molar-refractivity contribution in [1.29, 1.82) is 0 Å². The fourth-order valence-electron chi connectivity index (χ4n) is 2.60. The fourth-order valence-corrected chi connectivity index (χ4v) is 2.60. The molecule has 0 spiro atoms. The SMILES string of the molecule is CC(C)(C)OC[C@@H](N)C(=O)N1[C@H](C(=O)O)C[C@@H]2C[C@@H]21. The number of aliphatic carboxylic acids is 1. The molecule has 2 aliphatic rings. The van der Waals surface area contributed by atoms with Crippen LogP contribution < -0.4 is 5.73 Å². The number of hydrogen-bond acceptors (Lipinski definition) is 4. The van der Waals surface area contributed by atoms with Crippen molar-refractivity contribution < 1.29 is 19.4 Å². The van der Waals surface area contributed by atoms with Crippen molar-refractivity contribution in [3.05, 3.63) is 0 Å². The van der Waals surface area contributed by atoms with E-state index in [0.29, 0.717) is 12.3 Å². The predicted octanol–water partition coefficient (Wildman–Crippen LogP) is 0.203. The van der Waals surface area contributed by atoms with Crippen LogP contribution in [-0.2, 0) is 14.3 Å². The van der Waals surface area contributed by atoms with Gasteiger partial charge in [0.2, 0.25) is 5.91 Å². The third-order valence-corrected chi connectivity index (χ3v) is 3.66. The highest BCUT2D eigenvalue weighted by Crippen LogP contribution is 2.48. The summed E-state index contributed by atoms with van der Waals surface area (Å²) in [7, 11) is 0. The van der Waals surface area contributed by atoms with Gasteiger partial charge in [-0.1, -0.05) is 0 Å². The highest BCUT2D eigenvalue weighted by Gasteiger charge is 2.56. The number of ether oxygens (including phenoxy) is 1. The Bertz CT molecular complexity index is 391. The Morgan fingerprint density at radius 3 is 2.58 bits per heavy atom. The van der Waals surface area contributed by atoms with Crippen LogP contribution >= 0.6 is 0 Å². The van der Waals surface area contributed by atoms with Crippen molar-refractivity contribution in [3.8, 4) is 0 Å². The third-order valence-electron chi connectivity index (χ3n) is 3.66. The van der Waals surface area contributed by atoms with Gasteiger partial charge in [0.15, 0.2) is 0 Å². The molecule has 0 bridgehead atoms. The molecule has 6 nitrogen and oxygen atoms in total. The van der Waals surface area contributed by atoms with E-state index in [-0.39, 0.29) is 24.2 Å². The van der Waals surface area contributed by atoms with Crippen LogP contribution in [0.15, 0.2) is 0 Å². The quantitative estimate of drug-likeness (QED) is 0.761. The molecule has 2 fully saturated rings. The Hall–Kier alpha value is -1.14. The van der Waals surface area contributed by atoms with Gasteiger partial charge in [0.25, 0.3) is 0 Å². The van der Waals surface area contributed by atoms with E-state index >= 15 is 0 Å². The number of carbonyl (C=O) groups is 2. The molecule has 2 rings (SSSR count). The number of piperidine rings is 1. The maximum Gasteiger partial charge on any atom is 0.326 e. The number of amides is 1. The summed E-state index contributed by atoms with van der Waals surface area (Å²) in [6, 6.07) is -1.42. The van der Waals surface area contributed by atoms with Gasteiger partial charge in [0.1, 0.15) is 12.1 Å². The molecule has 0 unspecified atom stereocenters. The largest absolute Gasteiger partial charge is 0.480 e. The maximum atomic E-state index is 12.3. The van der Waals surface area contributed by atoms with Crippen LogP contribution in [0.2, 0.25) is 0 Å². The molecule has 6 heteroatoms. The molecule has 1 aliphatic heterocycles. The average Bonchev–Trinajstić information content (AvgIpc) is 2.95. The van der Waals surface area contributed by atoms with Crippen molar-refractivity contribution in [2.75, 3.05) is 6.61 Å². The van der Waals surface area contributed by atoms with E-state index in [1.807, 2.05) is 20.8 Å². The minimum absolute atomic E-state index is 0.0780. The summed E-state index contributed by atoms with van der Waals surface area (Å²) in [6.07, 6.45) is 1.46. The summed E-state index contributed by atoms with van der Waals surface area (Å²) >= 11 is 0. The number of nitrogens with two attached hydrogens (primary N) is 1. The summed E-state index contributed by atoms with van der Waals surface area (Å²) in [5.41, 5.74) is 5.47. The van der Waals surface area contributed by atoms with Gasteiger partial charge >= 0.3 is 5.97 Å². The summed E-state index contributed by atoms with van der Waals surface area (Å²) in [5.74, 6) is -0.896. The molecule has 1 heterocycles. The normalized spacial score (nSPS) is 30.9. The van der Waals surface area contributed by atoms with E-state index in [9.17, 15) is 9.59 Å². The first-order chi connectivity index (χ1) is 8.70. The molecule has 1 aliphatic carbocycles. The summed E-state index contributed by atoms with van der Waals surface area (Å²) < 4.78 is 5.50. The summed E-state index contributed by atoms with van der Waals surface area (Å²) in [6.45, 7) is 5.77. The van der Waals surface area contributed by atoms with Crippen LogP contribution in [0, 0.1) is 5.92 Å². The molecule has 0 aromatic heterocycles. The first-order valence-corrected chi connectivity index (χ1v) is 6.65. The first-order valence-electron chi connectivity index (χ1n) is 6.65. The van der Waals surface area contributed by atoms with Crippen LogP contribution in [0.4, 0.5) is 0 Å². The van der Waals surface area contributed by atoms with Crippen LogP contribution in [0.1, 0.15) is 33.6 Å². The molecule has 1 saturated carbocycles. The monoisotopic (exact) mass is 270 g/mol. The standard InChI is InChI=1S/C13H22N2O4/c1-13(2,3)19-6-8(14)11(16)15-9-4-7(9)5-10(15)12(17)18/h7-10H,4-6,14H2,1-3H3,(H,17,18)/t7-,8+,9-,10-/m0/s1. The van der Waals surface area contributed by atoms with E-state index in [2.05, 4.69) is 0 Å². The molecule has 1 amide bonds. The average molecular weight is 270 g/mol. The number of likely N-dealkylation sites (tertiary alicyclic amines) is 1. The van der Waals surface area contributed by atoms with Gasteiger partial charge in [0.05, 0.1) is 12.2 Å². The van der Waals surface area contributed by atoms with E-state index < -0.39 is 18.1 Å². The summed E-state index contributed by atoms with van der Waals surface area (Å²) in [5, 5.41) is 9.15. The lowest BCUT2D eigenvalue weighted by molar-refractivity contribution is -0.151. The zero-order valence-electron chi connectivity index (χ0n) is 11.6. The predicted molar refractivity (Wildman–Crippen MR) is 68.5 cm³/mol. The number of carboxylic acids is 1. The van der Waals surface area contributed by atoms with E-state index in [1.54, 1.807) is 0 Å². The minimum atomic E-state index is -0.940. The number of carbonyl (C=O) groups excluding carboxylic acids is 1. The molecule has 0 aromatic carbocycles. The smallest absolute Gasteiger partial charge is 0.326 e. The Labute approximate surface area is 112 Å². The molecule has 0 aromatic rings. The van der Waals surface area contributed by atoms with Crippen molar-refractivity contribution >= 4 is 11.9 Å². The fraction of sp³-hybridized carbons (Fsp3) is 0.846. The minimum Gasteiger partial charge on any atom is -0.480 e. The second-order valence-electron chi connectivity index (χ2n) is 6.43. The molecule has 0 radical (unpaired) electrons. The number of nitrogens with zero attached hydrogens (tertiary/aromatic N) is 1. The third kappa shape index (κ3) is 3.06. The van der Waals surface area contributed by atoms with Crippen LogP contribution in [0.5, 0.6) is 0 Å². The van der Waals surface area contributed by atoms with E-state index in [1.165, 1.54) is 4.90 Å². The maximum absolute atomic E-state index is 12.3. The molecule has 108 valence electrons.